The Bertz CT molecular complexity index is 1160. The van der Waals surface area contributed by atoms with Crippen LogP contribution in [-0.4, -0.2) is 32.0 Å². The van der Waals surface area contributed by atoms with Crippen molar-refractivity contribution in [3.8, 4) is 17.0 Å². The van der Waals surface area contributed by atoms with Gasteiger partial charge in [-0.1, -0.05) is 52.7 Å². The Morgan fingerprint density at radius 3 is 2.24 bits per heavy atom. The van der Waals surface area contributed by atoms with Crippen molar-refractivity contribution in [2.45, 2.75) is 70.1 Å². The third-order valence-corrected chi connectivity index (χ3v) is 7.30. The van der Waals surface area contributed by atoms with Gasteiger partial charge >= 0.3 is 0 Å². The van der Waals surface area contributed by atoms with Gasteiger partial charge in [-0.15, -0.1) is 0 Å². The zero-order chi connectivity index (χ0) is 24.8. The first-order valence-corrected chi connectivity index (χ1v) is 13.4. The van der Waals surface area contributed by atoms with Gasteiger partial charge in [0.1, 0.15) is 11.6 Å². The van der Waals surface area contributed by atoms with E-state index in [4.69, 9.17) is 9.72 Å². The van der Waals surface area contributed by atoms with Crippen LogP contribution >= 0.6 is 0 Å². The summed E-state index contributed by atoms with van der Waals surface area (Å²) in [5, 5.41) is 0. The summed E-state index contributed by atoms with van der Waals surface area (Å²) in [6, 6.07) is 15.0. The molecule has 0 bridgehead atoms. The molecule has 34 heavy (non-hydrogen) atoms. The molecule has 0 spiro atoms. The van der Waals surface area contributed by atoms with Crippen LogP contribution in [-0.2, 0) is 28.3 Å². The van der Waals surface area contributed by atoms with Crippen LogP contribution < -0.4 is 9.46 Å². The Labute approximate surface area is 204 Å². The van der Waals surface area contributed by atoms with Crippen molar-refractivity contribution in [2.75, 3.05) is 13.7 Å². The van der Waals surface area contributed by atoms with Gasteiger partial charge in [0.2, 0.25) is 10.0 Å². The van der Waals surface area contributed by atoms with Crippen LogP contribution in [0.25, 0.3) is 11.3 Å². The first-order valence-electron chi connectivity index (χ1n) is 12.0. The fourth-order valence-electron chi connectivity index (χ4n) is 3.74. The van der Waals surface area contributed by atoms with Crippen LogP contribution in [0.2, 0.25) is 0 Å². The number of aryl methyl sites for hydroxylation is 1. The molecule has 0 amide bonds. The van der Waals surface area contributed by atoms with Gasteiger partial charge in [-0.05, 0) is 54.8 Å². The molecule has 2 N–H and O–H groups in total. The van der Waals surface area contributed by atoms with Gasteiger partial charge in [-0.25, -0.2) is 18.1 Å². The number of nitrogens with one attached hydrogen (secondary N) is 2. The van der Waals surface area contributed by atoms with Gasteiger partial charge in [0.05, 0.1) is 17.7 Å². The molecule has 0 saturated carbocycles. The second-order valence-electron chi connectivity index (χ2n) is 9.64. The number of rotatable bonds is 11. The molecule has 0 aliphatic rings. The van der Waals surface area contributed by atoms with E-state index in [2.05, 4.69) is 37.4 Å². The maximum Gasteiger partial charge on any atom is 0.240 e. The van der Waals surface area contributed by atoms with Crippen LogP contribution in [0.15, 0.2) is 53.4 Å². The first-order chi connectivity index (χ1) is 16.1. The summed E-state index contributed by atoms with van der Waals surface area (Å²) in [5.41, 5.74) is 3.72. The van der Waals surface area contributed by atoms with Crippen molar-refractivity contribution >= 4 is 10.0 Å². The van der Waals surface area contributed by atoms with E-state index in [1.807, 2.05) is 36.4 Å². The molecular formula is C27H37N3O3S. The average Bonchev–Trinajstić information content (AvgIpc) is 3.24. The Kier molecular flexibility index (Phi) is 8.55. The fourth-order valence-corrected chi connectivity index (χ4v) is 4.77. The third kappa shape index (κ3) is 6.70. The van der Waals surface area contributed by atoms with Gasteiger partial charge in [-0.3, -0.25) is 0 Å². The van der Waals surface area contributed by atoms with Crippen molar-refractivity contribution < 1.29 is 13.2 Å². The number of hydrogen-bond acceptors (Lipinski definition) is 4. The van der Waals surface area contributed by atoms with E-state index in [1.54, 1.807) is 19.2 Å². The van der Waals surface area contributed by atoms with E-state index in [1.165, 1.54) is 18.4 Å². The molecule has 1 heterocycles. The number of ether oxygens (including phenoxy) is 1. The summed E-state index contributed by atoms with van der Waals surface area (Å²) in [5.74, 6) is 1.65. The molecule has 3 aromatic rings. The minimum absolute atomic E-state index is 0.155. The first kappa shape index (κ1) is 26.0. The zero-order valence-electron chi connectivity index (χ0n) is 20.9. The number of methoxy groups -OCH3 is 1. The fraction of sp³-hybridized carbons (Fsp3) is 0.444. The molecular weight excluding hydrogens is 446 g/mol. The van der Waals surface area contributed by atoms with Gasteiger partial charge in [-0.2, -0.15) is 0 Å². The standard InChI is InChI=1S/C27H37N3O3S/c1-6-7-8-9-20-10-16-23(17-11-20)34(31,32)28-19-18-24-25(30-26(29-24)27(2,3)4)21-12-14-22(33-5)15-13-21/h10-17,28H,6-9,18-19H2,1-5H3,(H,29,30). The van der Waals surface area contributed by atoms with Gasteiger partial charge in [0, 0.05) is 29.6 Å². The molecule has 0 radical (unpaired) electrons. The second kappa shape index (κ2) is 11.2. The Morgan fingerprint density at radius 2 is 1.65 bits per heavy atom. The minimum atomic E-state index is -3.58. The highest BCUT2D eigenvalue weighted by Gasteiger charge is 2.22. The number of imidazole rings is 1. The van der Waals surface area contributed by atoms with E-state index < -0.39 is 10.0 Å². The monoisotopic (exact) mass is 483 g/mol. The van der Waals surface area contributed by atoms with E-state index in [0.29, 0.717) is 11.3 Å². The molecule has 7 heteroatoms. The lowest BCUT2D eigenvalue weighted by Crippen LogP contribution is -2.26. The average molecular weight is 484 g/mol. The number of unbranched alkanes of at least 4 members (excludes halogenated alkanes) is 2. The maximum atomic E-state index is 12.8. The zero-order valence-corrected chi connectivity index (χ0v) is 21.8. The molecule has 6 nitrogen and oxygen atoms in total. The number of sulfonamides is 1. The number of benzene rings is 2. The van der Waals surface area contributed by atoms with Crippen molar-refractivity contribution in [3.05, 3.63) is 65.6 Å². The molecule has 0 saturated heterocycles. The summed E-state index contributed by atoms with van der Waals surface area (Å²) in [7, 11) is -1.94. The quantitative estimate of drug-likeness (QED) is 0.346. The van der Waals surface area contributed by atoms with Crippen molar-refractivity contribution in [1.82, 2.24) is 14.7 Å². The highest BCUT2D eigenvalue weighted by atomic mass is 32.2. The van der Waals surface area contributed by atoms with Gasteiger partial charge < -0.3 is 9.72 Å². The lowest BCUT2D eigenvalue weighted by molar-refractivity contribution is 0.415. The molecule has 3 rings (SSSR count). The number of nitrogens with zero attached hydrogens (tertiary/aromatic N) is 1. The molecule has 1 aromatic heterocycles. The molecule has 0 fully saturated rings. The van der Waals surface area contributed by atoms with Crippen LogP contribution in [0, 0.1) is 0 Å². The van der Waals surface area contributed by atoms with Crippen molar-refractivity contribution in [3.63, 3.8) is 0 Å². The molecule has 0 aliphatic carbocycles. The van der Waals surface area contributed by atoms with Crippen molar-refractivity contribution in [1.29, 1.82) is 0 Å². The van der Waals surface area contributed by atoms with Gasteiger partial charge in [0.25, 0.3) is 0 Å². The summed E-state index contributed by atoms with van der Waals surface area (Å²) in [6.07, 6.45) is 4.96. The Balaban J connectivity index is 1.72. The predicted molar refractivity (Wildman–Crippen MR) is 138 cm³/mol. The smallest absolute Gasteiger partial charge is 0.240 e. The highest BCUT2D eigenvalue weighted by molar-refractivity contribution is 7.89. The van der Waals surface area contributed by atoms with E-state index in [-0.39, 0.29) is 12.0 Å². The second-order valence-corrected chi connectivity index (χ2v) is 11.4. The number of aromatic nitrogens is 2. The minimum Gasteiger partial charge on any atom is -0.497 e. The third-order valence-electron chi connectivity index (χ3n) is 5.82. The number of hydrogen-bond donors (Lipinski definition) is 2. The summed E-state index contributed by atoms with van der Waals surface area (Å²) in [4.78, 5) is 8.57. The van der Waals surface area contributed by atoms with Crippen molar-refractivity contribution in [2.24, 2.45) is 0 Å². The molecule has 0 atom stereocenters. The van der Waals surface area contributed by atoms with E-state index in [9.17, 15) is 8.42 Å². The van der Waals surface area contributed by atoms with E-state index >= 15 is 0 Å². The van der Waals surface area contributed by atoms with Crippen LogP contribution in [0.3, 0.4) is 0 Å². The normalized spacial score (nSPS) is 12.1. The number of aromatic amines is 1. The summed E-state index contributed by atoms with van der Waals surface area (Å²) >= 11 is 0. The Morgan fingerprint density at radius 1 is 0.971 bits per heavy atom. The molecule has 2 aromatic carbocycles. The molecule has 0 aliphatic heterocycles. The molecule has 184 valence electrons. The highest BCUT2D eigenvalue weighted by Crippen LogP contribution is 2.28. The molecule has 0 unspecified atom stereocenters. The SMILES string of the molecule is CCCCCc1ccc(S(=O)(=O)NCCc2[nH]c(C(C)(C)C)nc2-c2ccc(OC)cc2)cc1. The lowest BCUT2D eigenvalue weighted by atomic mass is 9.96. The summed E-state index contributed by atoms with van der Waals surface area (Å²) in [6.45, 7) is 8.75. The van der Waals surface area contributed by atoms with Crippen LogP contribution in [0.1, 0.15) is 64.0 Å². The predicted octanol–water partition coefficient (Wildman–Crippen LogP) is 5.64. The largest absolute Gasteiger partial charge is 0.497 e. The topological polar surface area (TPSA) is 84.1 Å². The lowest BCUT2D eigenvalue weighted by Gasteiger charge is -2.14. The Hall–Kier alpha value is -2.64. The van der Waals surface area contributed by atoms with Gasteiger partial charge in [0.15, 0.2) is 0 Å². The summed E-state index contributed by atoms with van der Waals surface area (Å²) < 4.78 is 33.7. The van der Waals surface area contributed by atoms with Crippen LogP contribution in [0.4, 0.5) is 0 Å². The van der Waals surface area contributed by atoms with E-state index in [0.717, 1.165) is 41.4 Å². The maximum absolute atomic E-state index is 12.8. The van der Waals surface area contributed by atoms with Crippen LogP contribution in [0.5, 0.6) is 5.75 Å². The number of H-pyrrole nitrogens is 1.